The lowest BCUT2D eigenvalue weighted by Crippen LogP contribution is -2.35. The largest absolute Gasteiger partial charge is 0.477 e. The zero-order valence-electron chi connectivity index (χ0n) is 10.8. The number of carboxylic acids is 1. The molecule has 1 unspecified atom stereocenters. The van der Waals surface area contributed by atoms with Crippen LogP contribution >= 0.6 is 0 Å². The predicted molar refractivity (Wildman–Crippen MR) is 63.7 cm³/mol. The third-order valence-electron chi connectivity index (χ3n) is 2.55. The molecule has 8 nitrogen and oxygen atoms in total. The van der Waals surface area contributed by atoms with Gasteiger partial charge in [-0.3, -0.25) is 9.59 Å². The van der Waals surface area contributed by atoms with Crippen LogP contribution in [0.15, 0.2) is 6.33 Å². The summed E-state index contributed by atoms with van der Waals surface area (Å²) in [5.41, 5.74) is -0.463. The summed E-state index contributed by atoms with van der Waals surface area (Å²) in [6.45, 7) is 1.72. The molecule has 0 saturated heterocycles. The molecule has 0 aliphatic heterocycles. The van der Waals surface area contributed by atoms with E-state index in [0.717, 1.165) is 6.33 Å². The second-order valence-corrected chi connectivity index (χ2v) is 4.04. The smallest absolute Gasteiger partial charge is 0.354 e. The molecule has 1 heterocycles. The van der Waals surface area contributed by atoms with Crippen molar-refractivity contribution in [3.8, 4) is 0 Å². The fourth-order valence-electron chi connectivity index (χ4n) is 1.57. The van der Waals surface area contributed by atoms with Gasteiger partial charge in [0.2, 0.25) is 0 Å². The fraction of sp³-hybridized carbons (Fsp3) is 0.455. The second-order valence-electron chi connectivity index (χ2n) is 4.04. The number of hydrogen-bond acceptors (Lipinski definition) is 5. The molecule has 0 fully saturated rings. The maximum Gasteiger partial charge on any atom is 0.354 e. The number of nitrogens with zero attached hydrogens (tertiary/aromatic N) is 2. The number of imidazole rings is 1. The Morgan fingerprint density at radius 1 is 1.53 bits per heavy atom. The third-order valence-corrected chi connectivity index (χ3v) is 2.55. The normalized spacial score (nSPS) is 11.7. The number of carbonyl (C=O) groups excluding carboxylic acids is 2. The van der Waals surface area contributed by atoms with Gasteiger partial charge in [-0.2, -0.15) is 0 Å². The number of esters is 1. The van der Waals surface area contributed by atoms with E-state index in [1.54, 1.807) is 6.92 Å². The van der Waals surface area contributed by atoms with Crippen LogP contribution in [-0.4, -0.2) is 58.5 Å². The zero-order chi connectivity index (χ0) is 14.6. The van der Waals surface area contributed by atoms with E-state index in [4.69, 9.17) is 5.11 Å². The molecule has 8 heteroatoms. The van der Waals surface area contributed by atoms with Gasteiger partial charge in [0.15, 0.2) is 11.4 Å². The predicted octanol–water partition coefficient (Wildman–Crippen LogP) is -0.0110. The van der Waals surface area contributed by atoms with Gasteiger partial charge in [-0.15, -0.1) is 0 Å². The number of rotatable bonds is 5. The Balaban J connectivity index is 2.80. The van der Waals surface area contributed by atoms with Crippen LogP contribution in [0.4, 0.5) is 0 Å². The van der Waals surface area contributed by atoms with Crippen LogP contribution < -0.4 is 0 Å². The minimum atomic E-state index is -1.27. The number of methoxy groups -OCH3 is 1. The van der Waals surface area contributed by atoms with Crippen LogP contribution in [0, 0.1) is 5.92 Å². The molecule has 0 radical (unpaired) electrons. The molecular weight excluding hydrogens is 254 g/mol. The summed E-state index contributed by atoms with van der Waals surface area (Å²) in [5.74, 6) is -2.80. The topological polar surface area (TPSA) is 113 Å². The summed E-state index contributed by atoms with van der Waals surface area (Å²) in [4.78, 5) is 41.4. The SMILES string of the molecule is COC(=O)C(C)CN(C)C(=O)c1nc[nH]c1C(=O)O. The highest BCUT2D eigenvalue weighted by Crippen LogP contribution is 2.08. The molecule has 1 rings (SSSR count). The molecule has 19 heavy (non-hydrogen) atoms. The number of ether oxygens (including phenoxy) is 1. The monoisotopic (exact) mass is 269 g/mol. The molecule has 2 N–H and O–H groups in total. The van der Waals surface area contributed by atoms with Crippen LogP contribution in [0.1, 0.15) is 27.9 Å². The molecule has 0 aliphatic carbocycles. The summed E-state index contributed by atoms with van der Waals surface area (Å²) in [7, 11) is 2.72. The van der Waals surface area contributed by atoms with Gasteiger partial charge in [0.25, 0.3) is 5.91 Å². The lowest BCUT2D eigenvalue weighted by atomic mass is 10.1. The number of H-pyrrole nitrogens is 1. The van der Waals surface area contributed by atoms with Gasteiger partial charge in [-0.25, -0.2) is 9.78 Å². The van der Waals surface area contributed by atoms with Crippen LogP contribution in [0.5, 0.6) is 0 Å². The Morgan fingerprint density at radius 3 is 2.68 bits per heavy atom. The molecule has 1 atom stereocenters. The van der Waals surface area contributed by atoms with Crippen molar-refractivity contribution in [3.05, 3.63) is 17.7 Å². The van der Waals surface area contributed by atoms with Crippen LogP contribution in [0.2, 0.25) is 0 Å². The zero-order valence-corrected chi connectivity index (χ0v) is 10.8. The van der Waals surface area contributed by atoms with Crippen LogP contribution in [0.25, 0.3) is 0 Å². The Morgan fingerprint density at radius 2 is 2.16 bits per heavy atom. The summed E-state index contributed by atoms with van der Waals surface area (Å²) in [6.07, 6.45) is 1.13. The van der Waals surface area contributed by atoms with E-state index in [1.807, 2.05) is 0 Å². The van der Waals surface area contributed by atoms with Gasteiger partial charge in [0.05, 0.1) is 19.4 Å². The molecule has 0 spiro atoms. The van der Waals surface area contributed by atoms with Crippen molar-refractivity contribution in [2.24, 2.45) is 5.92 Å². The summed E-state index contributed by atoms with van der Waals surface area (Å²) in [6, 6.07) is 0. The number of hydrogen-bond donors (Lipinski definition) is 2. The fourth-order valence-corrected chi connectivity index (χ4v) is 1.57. The maximum absolute atomic E-state index is 12.0. The Labute approximate surface area is 109 Å². The van der Waals surface area contributed by atoms with Gasteiger partial charge >= 0.3 is 11.9 Å². The van der Waals surface area contributed by atoms with Crippen molar-refractivity contribution in [2.45, 2.75) is 6.92 Å². The average Bonchev–Trinajstić information content (AvgIpc) is 2.85. The van der Waals surface area contributed by atoms with E-state index < -0.39 is 23.8 Å². The minimum Gasteiger partial charge on any atom is -0.477 e. The molecule has 1 amide bonds. The van der Waals surface area contributed by atoms with Crippen LogP contribution in [-0.2, 0) is 9.53 Å². The Bertz CT molecular complexity index is 496. The first kappa shape index (κ1) is 14.7. The van der Waals surface area contributed by atoms with Gasteiger partial charge in [-0.1, -0.05) is 6.92 Å². The average molecular weight is 269 g/mol. The van der Waals surface area contributed by atoms with Crippen molar-refractivity contribution in [2.75, 3.05) is 20.7 Å². The summed E-state index contributed by atoms with van der Waals surface area (Å²) >= 11 is 0. The molecule has 1 aromatic heterocycles. The molecule has 0 bridgehead atoms. The first-order chi connectivity index (χ1) is 8.88. The third kappa shape index (κ3) is 3.30. The summed E-state index contributed by atoms with van der Waals surface area (Å²) < 4.78 is 4.55. The summed E-state index contributed by atoms with van der Waals surface area (Å²) in [5, 5.41) is 8.88. The molecule has 1 aromatic rings. The number of nitrogens with one attached hydrogen (secondary N) is 1. The van der Waals surface area contributed by atoms with Crippen molar-refractivity contribution < 1.29 is 24.2 Å². The van der Waals surface area contributed by atoms with Crippen molar-refractivity contribution in [3.63, 3.8) is 0 Å². The lowest BCUT2D eigenvalue weighted by Gasteiger charge is -2.19. The highest BCUT2D eigenvalue weighted by molar-refractivity contribution is 6.02. The Kier molecular flexibility index (Phi) is 4.62. The quantitative estimate of drug-likeness (QED) is 0.727. The minimum absolute atomic E-state index is 0.109. The van der Waals surface area contributed by atoms with E-state index in [2.05, 4.69) is 14.7 Å². The Hall–Kier alpha value is -2.38. The van der Waals surface area contributed by atoms with Crippen LogP contribution in [0.3, 0.4) is 0 Å². The number of aromatic nitrogens is 2. The van der Waals surface area contributed by atoms with E-state index in [9.17, 15) is 14.4 Å². The van der Waals surface area contributed by atoms with E-state index in [0.29, 0.717) is 0 Å². The molecular formula is C11H15N3O5. The second kappa shape index (κ2) is 5.98. The molecule has 104 valence electrons. The maximum atomic E-state index is 12.0. The van der Waals surface area contributed by atoms with Gasteiger partial charge in [-0.05, 0) is 0 Å². The lowest BCUT2D eigenvalue weighted by molar-refractivity contribution is -0.145. The van der Waals surface area contributed by atoms with Gasteiger partial charge in [0.1, 0.15) is 0 Å². The molecule has 0 aromatic carbocycles. The highest BCUT2D eigenvalue weighted by atomic mass is 16.5. The van der Waals surface area contributed by atoms with E-state index in [1.165, 1.54) is 19.1 Å². The number of aromatic carboxylic acids is 1. The molecule has 0 aliphatic rings. The van der Waals surface area contributed by atoms with E-state index >= 15 is 0 Å². The first-order valence-electron chi connectivity index (χ1n) is 5.48. The number of carbonyl (C=O) groups is 3. The van der Waals surface area contributed by atoms with Crippen molar-refractivity contribution in [1.29, 1.82) is 0 Å². The highest BCUT2D eigenvalue weighted by Gasteiger charge is 2.25. The van der Waals surface area contributed by atoms with Crippen molar-refractivity contribution >= 4 is 17.8 Å². The standard InChI is InChI=1S/C11H15N3O5/c1-6(11(18)19-3)4-14(2)9(15)7-8(10(16)17)13-5-12-7/h5-6H,4H2,1-3H3,(H,12,13)(H,16,17). The van der Waals surface area contributed by atoms with Gasteiger partial charge < -0.3 is 19.7 Å². The number of aromatic amines is 1. The number of carboxylic acid groups (broad SMARTS) is 1. The van der Waals surface area contributed by atoms with E-state index in [-0.39, 0.29) is 17.9 Å². The first-order valence-corrected chi connectivity index (χ1v) is 5.48. The van der Waals surface area contributed by atoms with Crippen molar-refractivity contribution in [1.82, 2.24) is 14.9 Å². The number of amides is 1. The van der Waals surface area contributed by atoms with Gasteiger partial charge in [0, 0.05) is 13.6 Å². The molecule has 0 saturated carbocycles.